The lowest BCUT2D eigenvalue weighted by Crippen LogP contribution is -2.40. The molecule has 2 rings (SSSR count). The van der Waals surface area contributed by atoms with E-state index in [4.69, 9.17) is 4.74 Å². The first-order valence-electron chi connectivity index (χ1n) is 7.00. The zero-order valence-corrected chi connectivity index (χ0v) is 12.6. The SMILES string of the molecule is COc1ccc(NC(=O)NC2CC(=O)N(C(C)C)C2)cc1. The third-order valence-corrected chi connectivity index (χ3v) is 3.46. The fraction of sp³-hybridized carbons (Fsp3) is 0.467. The second-order valence-electron chi connectivity index (χ2n) is 5.37. The molecule has 1 heterocycles. The first kappa shape index (κ1) is 15.2. The van der Waals surface area contributed by atoms with E-state index in [-0.39, 0.29) is 24.0 Å². The average molecular weight is 291 g/mol. The van der Waals surface area contributed by atoms with E-state index in [0.717, 1.165) is 5.75 Å². The van der Waals surface area contributed by atoms with Crippen molar-refractivity contribution in [1.82, 2.24) is 10.2 Å². The molecule has 0 radical (unpaired) electrons. The molecule has 1 fully saturated rings. The minimum absolute atomic E-state index is 0.0831. The van der Waals surface area contributed by atoms with Crippen LogP contribution >= 0.6 is 0 Å². The highest BCUT2D eigenvalue weighted by atomic mass is 16.5. The van der Waals surface area contributed by atoms with Gasteiger partial charge >= 0.3 is 6.03 Å². The van der Waals surface area contributed by atoms with Crippen molar-refractivity contribution in [2.75, 3.05) is 19.0 Å². The van der Waals surface area contributed by atoms with Gasteiger partial charge in [0.1, 0.15) is 5.75 Å². The van der Waals surface area contributed by atoms with E-state index in [0.29, 0.717) is 18.7 Å². The van der Waals surface area contributed by atoms with Crippen LogP contribution in [-0.2, 0) is 4.79 Å². The number of carbonyl (C=O) groups excluding carboxylic acids is 2. The molecule has 6 nitrogen and oxygen atoms in total. The lowest BCUT2D eigenvalue weighted by molar-refractivity contribution is -0.129. The van der Waals surface area contributed by atoms with E-state index in [9.17, 15) is 9.59 Å². The highest BCUT2D eigenvalue weighted by Crippen LogP contribution is 2.16. The molecule has 1 aliphatic rings. The smallest absolute Gasteiger partial charge is 0.319 e. The third kappa shape index (κ3) is 3.87. The third-order valence-electron chi connectivity index (χ3n) is 3.46. The van der Waals surface area contributed by atoms with Crippen LogP contribution in [0, 0.1) is 0 Å². The van der Waals surface area contributed by atoms with Crippen molar-refractivity contribution < 1.29 is 14.3 Å². The van der Waals surface area contributed by atoms with Gasteiger partial charge in [-0.3, -0.25) is 4.79 Å². The maximum atomic E-state index is 11.9. The Bertz CT molecular complexity index is 513. The second kappa shape index (κ2) is 6.47. The van der Waals surface area contributed by atoms with Crippen molar-refractivity contribution in [2.24, 2.45) is 0 Å². The van der Waals surface area contributed by atoms with E-state index in [2.05, 4.69) is 10.6 Å². The van der Waals surface area contributed by atoms with E-state index in [1.807, 2.05) is 13.8 Å². The Hall–Kier alpha value is -2.24. The molecule has 6 heteroatoms. The maximum Gasteiger partial charge on any atom is 0.319 e. The summed E-state index contributed by atoms with van der Waals surface area (Å²) < 4.78 is 5.06. The van der Waals surface area contributed by atoms with Crippen LogP contribution in [-0.4, -0.2) is 42.6 Å². The minimum atomic E-state index is -0.302. The molecule has 1 unspecified atom stereocenters. The fourth-order valence-electron chi connectivity index (χ4n) is 2.35. The molecule has 0 saturated carbocycles. The number of hydrogen-bond acceptors (Lipinski definition) is 3. The predicted octanol–water partition coefficient (Wildman–Crippen LogP) is 1.83. The molecule has 1 aromatic carbocycles. The van der Waals surface area contributed by atoms with Crippen LogP contribution in [0.15, 0.2) is 24.3 Å². The first-order chi connectivity index (χ1) is 9.99. The zero-order chi connectivity index (χ0) is 15.4. The van der Waals surface area contributed by atoms with Crippen molar-refractivity contribution in [3.63, 3.8) is 0 Å². The molecule has 21 heavy (non-hydrogen) atoms. The van der Waals surface area contributed by atoms with Crippen LogP contribution in [0.2, 0.25) is 0 Å². The number of ether oxygens (including phenoxy) is 1. The molecule has 0 spiro atoms. The zero-order valence-electron chi connectivity index (χ0n) is 12.6. The number of benzene rings is 1. The van der Waals surface area contributed by atoms with Crippen molar-refractivity contribution >= 4 is 17.6 Å². The Morgan fingerprint density at radius 1 is 1.33 bits per heavy atom. The molecular weight excluding hydrogens is 270 g/mol. The molecule has 1 atom stereocenters. The molecule has 114 valence electrons. The number of nitrogens with zero attached hydrogens (tertiary/aromatic N) is 1. The summed E-state index contributed by atoms with van der Waals surface area (Å²) >= 11 is 0. The van der Waals surface area contributed by atoms with E-state index < -0.39 is 0 Å². The van der Waals surface area contributed by atoms with E-state index >= 15 is 0 Å². The summed E-state index contributed by atoms with van der Waals surface area (Å²) in [4.78, 5) is 25.5. The standard InChI is InChI=1S/C15H21N3O3/c1-10(2)18-9-12(8-14(18)19)17-15(20)16-11-4-6-13(21-3)7-5-11/h4-7,10,12H,8-9H2,1-3H3,(H2,16,17,20). The fourth-order valence-corrected chi connectivity index (χ4v) is 2.35. The second-order valence-corrected chi connectivity index (χ2v) is 5.37. The normalized spacial score (nSPS) is 18.0. The summed E-state index contributed by atoms with van der Waals surface area (Å²) in [6, 6.07) is 6.79. The monoisotopic (exact) mass is 291 g/mol. The number of hydrogen-bond donors (Lipinski definition) is 2. The van der Waals surface area contributed by atoms with Crippen molar-refractivity contribution in [2.45, 2.75) is 32.4 Å². The molecule has 2 N–H and O–H groups in total. The highest BCUT2D eigenvalue weighted by Gasteiger charge is 2.31. The van der Waals surface area contributed by atoms with Gasteiger partial charge in [-0.1, -0.05) is 0 Å². The van der Waals surface area contributed by atoms with Gasteiger partial charge in [0.15, 0.2) is 0 Å². The number of carbonyl (C=O) groups is 2. The van der Waals surface area contributed by atoms with Gasteiger partial charge in [-0.25, -0.2) is 4.79 Å². The lowest BCUT2D eigenvalue weighted by Gasteiger charge is -2.21. The average Bonchev–Trinajstić information content (AvgIpc) is 2.80. The van der Waals surface area contributed by atoms with Gasteiger partial charge in [0.25, 0.3) is 0 Å². The van der Waals surface area contributed by atoms with Crippen molar-refractivity contribution in [3.05, 3.63) is 24.3 Å². The molecule has 0 bridgehead atoms. The maximum absolute atomic E-state index is 11.9. The molecule has 0 aromatic heterocycles. The molecule has 1 saturated heterocycles. The Morgan fingerprint density at radius 2 is 2.00 bits per heavy atom. The minimum Gasteiger partial charge on any atom is -0.497 e. The Balaban J connectivity index is 1.86. The topological polar surface area (TPSA) is 70.7 Å². The Labute approximate surface area is 124 Å². The Morgan fingerprint density at radius 3 is 2.52 bits per heavy atom. The van der Waals surface area contributed by atoms with Crippen LogP contribution in [0.25, 0.3) is 0 Å². The lowest BCUT2D eigenvalue weighted by atomic mass is 10.2. The summed E-state index contributed by atoms with van der Waals surface area (Å²) in [5.41, 5.74) is 0.679. The summed E-state index contributed by atoms with van der Waals surface area (Å²) in [6.45, 7) is 4.50. The van der Waals surface area contributed by atoms with Crippen molar-refractivity contribution in [3.8, 4) is 5.75 Å². The summed E-state index contributed by atoms with van der Waals surface area (Å²) in [5.74, 6) is 0.815. The van der Waals surface area contributed by atoms with Crippen LogP contribution < -0.4 is 15.4 Å². The van der Waals surface area contributed by atoms with Gasteiger partial charge in [-0.05, 0) is 38.1 Å². The number of amides is 3. The molecular formula is C15H21N3O3. The Kier molecular flexibility index (Phi) is 4.67. The number of rotatable bonds is 4. The van der Waals surface area contributed by atoms with Gasteiger partial charge in [0.05, 0.1) is 13.2 Å². The molecule has 1 aromatic rings. The summed E-state index contributed by atoms with van der Waals surface area (Å²) in [5, 5.41) is 5.57. The van der Waals surface area contributed by atoms with Gasteiger partial charge < -0.3 is 20.3 Å². The van der Waals surface area contributed by atoms with Crippen LogP contribution in [0.1, 0.15) is 20.3 Å². The quantitative estimate of drug-likeness (QED) is 0.889. The number of urea groups is 1. The highest BCUT2D eigenvalue weighted by molar-refractivity contribution is 5.90. The van der Waals surface area contributed by atoms with E-state index in [1.165, 1.54) is 0 Å². The number of likely N-dealkylation sites (tertiary alicyclic amines) is 1. The van der Waals surface area contributed by atoms with Crippen LogP contribution in [0.3, 0.4) is 0 Å². The molecule has 0 aliphatic carbocycles. The molecule has 1 aliphatic heterocycles. The van der Waals surface area contributed by atoms with Gasteiger partial charge in [-0.15, -0.1) is 0 Å². The van der Waals surface area contributed by atoms with Crippen LogP contribution in [0.4, 0.5) is 10.5 Å². The predicted molar refractivity (Wildman–Crippen MR) is 80.4 cm³/mol. The largest absolute Gasteiger partial charge is 0.497 e. The number of methoxy groups -OCH3 is 1. The van der Waals surface area contributed by atoms with E-state index in [1.54, 1.807) is 36.3 Å². The summed E-state index contributed by atoms with van der Waals surface area (Å²) in [7, 11) is 1.59. The molecule has 3 amide bonds. The summed E-state index contributed by atoms with van der Waals surface area (Å²) in [6.07, 6.45) is 0.355. The van der Waals surface area contributed by atoms with Gasteiger partial charge in [0.2, 0.25) is 5.91 Å². The van der Waals surface area contributed by atoms with Crippen LogP contribution in [0.5, 0.6) is 5.75 Å². The van der Waals surface area contributed by atoms with Crippen molar-refractivity contribution in [1.29, 1.82) is 0 Å². The van der Waals surface area contributed by atoms with Gasteiger partial charge in [-0.2, -0.15) is 0 Å². The number of anilines is 1. The number of nitrogens with one attached hydrogen (secondary N) is 2. The first-order valence-corrected chi connectivity index (χ1v) is 7.00. The van der Waals surface area contributed by atoms with Gasteiger partial charge in [0, 0.05) is 24.7 Å².